The lowest BCUT2D eigenvalue weighted by Gasteiger charge is -2.18. The number of hydrogen-bond acceptors (Lipinski definition) is 7. The molecule has 7 N–H and O–H groups in total. The molecule has 0 radical (unpaired) electrons. The third-order valence-corrected chi connectivity index (χ3v) is 4.01. The molecular weight excluding hydrogens is 368 g/mol. The van der Waals surface area contributed by atoms with Crippen molar-refractivity contribution in [3.8, 4) is 0 Å². The van der Waals surface area contributed by atoms with Gasteiger partial charge in [0.25, 0.3) is 0 Å². The van der Waals surface area contributed by atoms with Gasteiger partial charge in [-0.1, -0.05) is 25.1 Å². The minimum absolute atomic E-state index is 0.0909. The molecule has 0 aromatic heterocycles. The van der Waals surface area contributed by atoms with Crippen molar-refractivity contribution in [1.29, 1.82) is 0 Å². The number of nitrogens with two attached hydrogens (primary N) is 1. The first-order valence-electron chi connectivity index (χ1n) is 7.85. The minimum Gasteiger partial charge on any atom is -0.480 e. The quantitative estimate of drug-likeness (QED) is 0.235. The van der Waals surface area contributed by atoms with Crippen molar-refractivity contribution in [2.24, 2.45) is 5.73 Å². The van der Waals surface area contributed by atoms with Gasteiger partial charge in [0.05, 0.1) is 0 Å². The minimum atomic E-state index is -1.31. The summed E-state index contributed by atoms with van der Waals surface area (Å²) < 4.78 is 0. The van der Waals surface area contributed by atoms with Crippen LogP contribution in [-0.4, -0.2) is 70.1 Å². The third-order valence-electron chi connectivity index (χ3n) is 2.98. The molecule has 0 spiro atoms. The molecule has 0 aromatic rings. The first-order valence-corrected chi connectivity index (χ1v) is 8.83. The summed E-state index contributed by atoms with van der Waals surface area (Å²) in [4.78, 5) is 56.6. The van der Waals surface area contributed by atoms with Crippen molar-refractivity contribution in [1.82, 2.24) is 16.0 Å². The van der Waals surface area contributed by atoms with Crippen LogP contribution in [0.5, 0.6) is 0 Å². The zero-order chi connectivity index (χ0) is 20.1. The summed E-state index contributed by atoms with van der Waals surface area (Å²) in [5, 5.41) is 23.7. The lowest BCUT2D eigenvalue weighted by Crippen LogP contribution is -2.54. The number of hydrogen-bond donors (Lipinski definition) is 6. The second-order valence-electron chi connectivity index (χ2n) is 5.25. The van der Waals surface area contributed by atoms with Gasteiger partial charge < -0.3 is 31.9 Å². The van der Waals surface area contributed by atoms with Crippen molar-refractivity contribution in [3.05, 3.63) is 0 Å². The highest BCUT2D eigenvalue weighted by Gasteiger charge is 2.23. The summed E-state index contributed by atoms with van der Waals surface area (Å²) in [5.41, 5.74) is 5.25. The van der Waals surface area contributed by atoms with Gasteiger partial charge in [-0.05, 0) is 6.42 Å². The molecule has 0 aromatic carbocycles. The number of urea groups is 1. The van der Waals surface area contributed by atoms with Gasteiger partial charge >= 0.3 is 18.0 Å². The maximum atomic E-state index is 12.0. The second-order valence-corrected chi connectivity index (χ2v) is 6.33. The maximum Gasteiger partial charge on any atom is 0.322 e. The Labute approximate surface area is 154 Å². The van der Waals surface area contributed by atoms with Crippen LogP contribution in [0.25, 0.3) is 0 Å². The average molecular weight is 392 g/mol. The van der Waals surface area contributed by atoms with Crippen LogP contribution in [0.15, 0.2) is 0 Å². The van der Waals surface area contributed by atoms with Crippen LogP contribution >= 0.6 is 11.8 Å². The normalized spacial score (nSPS) is 12.5. The van der Waals surface area contributed by atoms with E-state index in [4.69, 9.17) is 15.9 Å². The predicted molar refractivity (Wildman–Crippen MR) is 93.6 cm³/mol. The monoisotopic (exact) mass is 392 g/mol. The fourth-order valence-corrected chi connectivity index (χ4v) is 2.41. The highest BCUT2D eigenvalue weighted by atomic mass is 32.2. The van der Waals surface area contributed by atoms with Crippen LogP contribution in [0.1, 0.15) is 26.2 Å². The van der Waals surface area contributed by atoms with Crippen LogP contribution in [0.4, 0.5) is 4.79 Å². The Morgan fingerprint density at radius 1 is 1.12 bits per heavy atom. The SMILES string of the molecule is CCCCC(=O)SC[C@H](NC(=O)NC[C@H](N)C(=O)O)C(=O)NCC(=O)O. The molecule has 0 unspecified atom stereocenters. The molecular formula is C14H24N4O7S. The summed E-state index contributed by atoms with van der Waals surface area (Å²) in [6, 6.07) is -3.35. The Morgan fingerprint density at radius 2 is 1.77 bits per heavy atom. The number of unbranched alkanes of at least 4 members (excludes halogenated alkanes) is 1. The lowest BCUT2D eigenvalue weighted by molar-refractivity contribution is -0.138. The summed E-state index contributed by atoms with van der Waals surface area (Å²) in [6.45, 7) is 0.915. The van der Waals surface area contributed by atoms with Crippen molar-refractivity contribution in [3.63, 3.8) is 0 Å². The summed E-state index contributed by atoms with van der Waals surface area (Å²) >= 11 is 0.850. The molecule has 0 heterocycles. The van der Waals surface area contributed by atoms with Crippen LogP contribution < -0.4 is 21.7 Å². The molecule has 148 valence electrons. The fraction of sp³-hybridized carbons (Fsp3) is 0.643. The van der Waals surface area contributed by atoms with Gasteiger partial charge in [0.1, 0.15) is 18.6 Å². The van der Waals surface area contributed by atoms with Gasteiger partial charge in [0.15, 0.2) is 5.12 Å². The van der Waals surface area contributed by atoms with Crippen molar-refractivity contribution in [2.45, 2.75) is 38.3 Å². The summed E-state index contributed by atoms with van der Waals surface area (Å²) in [6.07, 6.45) is 1.85. The van der Waals surface area contributed by atoms with E-state index in [-0.39, 0.29) is 17.4 Å². The first-order chi connectivity index (χ1) is 12.2. The molecule has 0 aliphatic rings. The first kappa shape index (κ1) is 23.7. The van der Waals surface area contributed by atoms with Gasteiger partial charge in [-0.25, -0.2) is 4.79 Å². The van der Waals surface area contributed by atoms with E-state index in [1.165, 1.54) is 0 Å². The van der Waals surface area contributed by atoms with E-state index in [0.29, 0.717) is 12.8 Å². The van der Waals surface area contributed by atoms with E-state index in [2.05, 4.69) is 16.0 Å². The van der Waals surface area contributed by atoms with Crippen molar-refractivity contribution < 1.29 is 34.2 Å². The van der Waals surface area contributed by atoms with Gasteiger partial charge in [-0.15, -0.1) is 0 Å². The molecule has 3 amide bonds. The number of carboxylic acids is 2. The number of carboxylic acid groups (broad SMARTS) is 2. The number of rotatable bonds is 12. The third kappa shape index (κ3) is 11.3. The Balaban J connectivity index is 4.67. The molecule has 0 rings (SSSR count). The highest BCUT2D eigenvalue weighted by molar-refractivity contribution is 8.13. The molecule has 12 heteroatoms. The second kappa shape index (κ2) is 12.9. The summed E-state index contributed by atoms with van der Waals surface area (Å²) in [5.74, 6) is -3.44. The molecule has 0 bridgehead atoms. The van der Waals surface area contributed by atoms with Gasteiger partial charge in [-0.3, -0.25) is 19.2 Å². The van der Waals surface area contributed by atoms with E-state index in [0.717, 1.165) is 18.2 Å². The molecule has 0 aliphatic heterocycles. The zero-order valence-electron chi connectivity index (χ0n) is 14.3. The summed E-state index contributed by atoms with van der Waals surface area (Å²) in [7, 11) is 0. The smallest absolute Gasteiger partial charge is 0.322 e. The van der Waals surface area contributed by atoms with E-state index in [9.17, 15) is 24.0 Å². The standard InChI is InChI=1S/C14H24N4O7S/c1-2-3-4-11(21)26-7-9(12(22)16-6-10(19)20)18-14(25)17-5-8(15)13(23)24/h8-9H,2-7,15H2,1H3,(H,16,22)(H,19,20)(H,23,24)(H2,17,18,25)/t8-,9-/m0/s1. The number of carbonyl (C=O) groups excluding carboxylic acids is 3. The molecule has 0 fully saturated rings. The van der Waals surface area contributed by atoms with E-state index in [1.54, 1.807) is 0 Å². The molecule has 0 saturated carbocycles. The van der Waals surface area contributed by atoms with Crippen molar-refractivity contribution >= 4 is 40.8 Å². The Morgan fingerprint density at radius 3 is 2.31 bits per heavy atom. The highest BCUT2D eigenvalue weighted by Crippen LogP contribution is 2.10. The van der Waals surface area contributed by atoms with Crippen LogP contribution in [0, 0.1) is 0 Å². The van der Waals surface area contributed by atoms with Crippen LogP contribution in [0.3, 0.4) is 0 Å². The van der Waals surface area contributed by atoms with Gasteiger partial charge in [0, 0.05) is 18.7 Å². The largest absolute Gasteiger partial charge is 0.480 e. The zero-order valence-corrected chi connectivity index (χ0v) is 15.1. The lowest BCUT2D eigenvalue weighted by atomic mass is 10.3. The van der Waals surface area contributed by atoms with E-state index >= 15 is 0 Å². The molecule has 0 saturated heterocycles. The average Bonchev–Trinajstić information content (AvgIpc) is 2.58. The van der Waals surface area contributed by atoms with Gasteiger partial charge in [0.2, 0.25) is 5.91 Å². The van der Waals surface area contributed by atoms with E-state index in [1.807, 2.05) is 6.92 Å². The molecule has 2 atom stereocenters. The van der Waals surface area contributed by atoms with Crippen molar-refractivity contribution in [2.75, 3.05) is 18.8 Å². The maximum absolute atomic E-state index is 12.0. The number of carbonyl (C=O) groups is 5. The number of amides is 3. The Kier molecular flexibility index (Phi) is 11.8. The predicted octanol–water partition coefficient (Wildman–Crippen LogP) is -1.28. The Hall–Kier alpha value is -2.34. The van der Waals surface area contributed by atoms with Crippen LogP contribution in [-0.2, 0) is 19.2 Å². The topological polar surface area (TPSA) is 188 Å². The van der Waals surface area contributed by atoms with E-state index < -0.39 is 42.5 Å². The molecule has 26 heavy (non-hydrogen) atoms. The molecule has 0 aliphatic carbocycles. The number of thioether (sulfide) groups is 1. The number of nitrogens with one attached hydrogen (secondary N) is 3. The van der Waals surface area contributed by atoms with Gasteiger partial charge in [-0.2, -0.15) is 0 Å². The molecule has 11 nitrogen and oxygen atoms in total. The Bertz CT molecular complexity index is 529. The fourth-order valence-electron chi connectivity index (χ4n) is 1.54. The van der Waals surface area contributed by atoms with Crippen LogP contribution in [0.2, 0.25) is 0 Å². The number of aliphatic carboxylic acids is 2.